The van der Waals surface area contributed by atoms with Crippen molar-refractivity contribution >= 4 is 16.3 Å². The van der Waals surface area contributed by atoms with Crippen molar-refractivity contribution in [2.24, 2.45) is 0 Å². The van der Waals surface area contributed by atoms with Crippen molar-refractivity contribution in [1.82, 2.24) is 24.8 Å². The van der Waals surface area contributed by atoms with E-state index in [1.165, 1.54) is 11.3 Å². The van der Waals surface area contributed by atoms with Crippen molar-refractivity contribution in [2.75, 3.05) is 6.61 Å². The Labute approximate surface area is 140 Å². The Kier molecular flexibility index (Phi) is 2.95. The van der Waals surface area contributed by atoms with Crippen molar-refractivity contribution in [3.05, 3.63) is 53.7 Å². The van der Waals surface area contributed by atoms with Crippen LogP contribution in [0, 0.1) is 0 Å². The van der Waals surface area contributed by atoms with Gasteiger partial charge < -0.3 is 9.47 Å². The molecule has 4 heterocycles. The predicted octanol–water partition coefficient (Wildman–Crippen LogP) is 2.76. The summed E-state index contributed by atoms with van der Waals surface area (Å²) in [4.78, 5) is 5.01. The monoisotopic (exact) mass is 337 g/mol. The summed E-state index contributed by atoms with van der Waals surface area (Å²) in [6.07, 6.45) is 1.46. The molecule has 5 rings (SSSR count). The van der Waals surface area contributed by atoms with Crippen LogP contribution in [0.1, 0.15) is 11.1 Å². The lowest BCUT2D eigenvalue weighted by atomic mass is 10.3. The minimum absolute atomic E-state index is 0.261. The van der Waals surface area contributed by atoms with E-state index in [0.29, 0.717) is 17.4 Å². The number of pyridine rings is 1. The Bertz CT molecular complexity index is 1010. The molecule has 0 bridgehead atoms. The van der Waals surface area contributed by atoms with Crippen LogP contribution in [0.5, 0.6) is 11.5 Å². The van der Waals surface area contributed by atoms with Crippen LogP contribution < -0.4 is 9.47 Å². The molecule has 0 saturated heterocycles. The molecule has 0 radical (unpaired) electrons. The van der Waals surface area contributed by atoms with E-state index >= 15 is 0 Å². The zero-order chi connectivity index (χ0) is 15.9. The third-order valence-corrected chi connectivity index (χ3v) is 4.68. The van der Waals surface area contributed by atoms with Gasteiger partial charge in [-0.25, -0.2) is 0 Å². The summed E-state index contributed by atoms with van der Waals surface area (Å²) in [5, 5.41) is 13.8. The number of hydrogen-bond donors (Lipinski definition) is 0. The summed E-state index contributed by atoms with van der Waals surface area (Å²) in [6.45, 7) is 0.417. The third-order valence-electron chi connectivity index (χ3n) is 3.68. The van der Waals surface area contributed by atoms with Gasteiger partial charge in [-0.15, -0.1) is 10.2 Å². The Hall–Kier alpha value is -3.00. The van der Waals surface area contributed by atoms with Crippen LogP contribution in [0.3, 0.4) is 0 Å². The number of aromatic nitrogens is 5. The molecule has 4 aromatic rings. The molecule has 1 atom stereocenters. The molecule has 0 N–H and O–H groups in total. The highest BCUT2D eigenvalue weighted by molar-refractivity contribution is 7.16. The summed E-state index contributed by atoms with van der Waals surface area (Å²) in [5.41, 5.74) is 0.730. The van der Waals surface area contributed by atoms with E-state index in [9.17, 15) is 0 Å². The topological polar surface area (TPSA) is 74.4 Å². The van der Waals surface area contributed by atoms with Crippen molar-refractivity contribution in [3.63, 3.8) is 0 Å². The normalized spacial score (nSPS) is 16.4. The molecular weight excluding hydrogens is 326 g/mol. The fraction of sp³-hybridized carbons (Fsp3) is 0.125. The SMILES string of the molecule is c1ccc(-c2nnc3sc(C4COc5ccccc5O4)nn23)nc1. The molecule has 0 aliphatic carbocycles. The third kappa shape index (κ3) is 2.11. The van der Waals surface area contributed by atoms with E-state index in [1.807, 2.05) is 42.5 Å². The van der Waals surface area contributed by atoms with E-state index in [1.54, 1.807) is 10.7 Å². The maximum atomic E-state index is 6.01. The predicted molar refractivity (Wildman–Crippen MR) is 87.2 cm³/mol. The highest BCUT2D eigenvalue weighted by Crippen LogP contribution is 2.37. The molecule has 1 aliphatic rings. The van der Waals surface area contributed by atoms with Crippen molar-refractivity contribution < 1.29 is 9.47 Å². The number of para-hydroxylation sites is 2. The van der Waals surface area contributed by atoms with Gasteiger partial charge in [0.2, 0.25) is 10.8 Å². The molecule has 24 heavy (non-hydrogen) atoms. The zero-order valence-corrected chi connectivity index (χ0v) is 13.2. The molecule has 0 fully saturated rings. The molecule has 3 aromatic heterocycles. The highest BCUT2D eigenvalue weighted by atomic mass is 32.1. The molecule has 1 unspecified atom stereocenters. The van der Waals surface area contributed by atoms with Crippen LogP contribution in [0.4, 0.5) is 0 Å². The second-order valence-corrected chi connectivity index (χ2v) is 6.23. The van der Waals surface area contributed by atoms with Crippen molar-refractivity contribution in [1.29, 1.82) is 0 Å². The molecule has 8 heteroatoms. The van der Waals surface area contributed by atoms with Crippen LogP contribution >= 0.6 is 11.3 Å². The Morgan fingerprint density at radius 1 is 1.04 bits per heavy atom. The Balaban J connectivity index is 1.52. The fourth-order valence-corrected chi connectivity index (χ4v) is 3.41. The quantitative estimate of drug-likeness (QED) is 0.560. The number of benzene rings is 1. The number of hydrogen-bond acceptors (Lipinski definition) is 7. The fourth-order valence-electron chi connectivity index (χ4n) is 2.56. The van der Waals surface area contributed by atoms with E-state index in [0.717, 1.165) is 22.2 Å². The van der Waals surface area contributed by atoms with Crippen molar-refractivity contribution in [3.8, 4) is 23.0 Å². The number of nitrogens with zero attached hydrogens (tertiary/aromatic N) is 5. The van der Waals surface area contributed by atoms with Gasteiger partial charge in [-0.3, -0.25) is 4.98 Å². The maximum absolute atomic E-state index is 6.01. The van der Waals surface area contributed by atoms with Gasteiger partial charge >= 0.3 is 0 Å². The molecule has 0 saturated carbocycles. The van der Waals surface area contributed by atoms with Gasteiger partial charge in [-0.1, -0.05) is 29.5 Å². The molecule has 0 amide bonds. The van der Waals surface area contributed by atoms with E-state index in [2.05, 4.69) is 20.3 Å². The van der Waals surface area contributed by atoms with Gasteiger partial charge in [-0.2, -0.15) is 9.61 Å². The second kappa shape index (κ2) is 5.27. The Morgan fingerprint density at radius 3 is 2.79 bits per heavy atom. The summed E-state index contributed by atoms with van der Waals surface area (Å²) in [6, 6.07) is 13.3. The van der Waals surface area contributed by atoms with E-state index in [-0.39, 0.29) is 6.10 Å². The summed E-state index contributed by atoms with van der Waals surface area (Å²) >= 11 is 1.44. The van der Waals surface area contributed by atoms with E-state index in [4.69, 9.17) is 9.47 Å². The molecule has 7 nitrogen and oxygen atoms in total. The van der Waals surface area contributed by atoms with Gasteiger partial charge in [0.1, 0.15) is 12.3 Å². The van der Waals surface area contributed by atoms with Crippen LogP contribution in [0.15, 0.2) is 48.7 Å². The lowest BCUT2D eigenvalue weighted by Crippen LogP contribution is -2.21. The molecule has 1 aliphatic heterocycles. The van der Waals surface area contributed by atoms with Gasteiger partial charge in [0.15, 0.2) is 22.6 Å². The largest absolute Gasteiger partial charge is 0.485 e. The second-order valence-electron chi connectivity index (χ2n) is 5.24. The molecule has 0 spiro atoms. The van der Waals surface area contributed by atoms with Gasteiger partial charge in [0, 0.05) is 6.20 Å². The molecule has 1 aromatic carbocycles. The van der Waals surface area contributed by atoms with Crippen LogP contribution in [0.25, 0.3) is 16.5 Å². The van der Waals surface area contributed by atoms with Crippen LogP contribution in [0.2, 0.25) is 0 Å². The lowest BCUT2D eigenvalue weighted by molar-refractivity contribution is 0.0904. The molecule has 118 valence electrons. The average Bonchev–Trinajstić information content (AvgIpc) is 3.23. The van der Waals surface area contributed by atoms with E-state index < -0.39 is 0 Å². The minimum Gasteiger partial charge on any atom is -0.485 e. The standard InChI is InChI=1S/C16H11N5O2S/c1-2-7-12-11(6-1)22-9-13(23-12)15-20-21-14(18-19-16(21)24-15)10-5-3-4-8-17-10/h1-8,13H,9H2. The van der Waals surface area contributed by atoms with Crippen LogP contribution in [-0.2, 0) is 0 Å². The first-order chi connectivity index (χ1) is 11.9. The van der Waals surface area contributed by atoms with Crippen LogP contribution in [-0.4, -0.2) is 31.4 Å². The average molecular weight is 337 g/mol. The number of rotatable bonds is 2. The Morgan fingerprint density at radius 2 is 1.92 bits per heavy atom. The van der Waals surface area contributed by atoms with Gasteiger partial charge in [-0.05, 0) is 24.3 Å². The summed E-state index contributed by atoms with van der Waals surface area (Å²) in [7, 11) is 0. The number of ether oxygens (including phenoxy) is 2. The number of fused-ring (bicyclic) bond motifs is 2. The first-order valence-corrected chi connectivity index (χ1v) is 8.22. The van der Waals surface area contributed by atoms with Gasteiger partial charge in [0.05, 0.1) is 0 Å². The first kappa shape index (κ1) is 13.4. The summed E-state index contributed by atoms with van der Waals surface area (Å²) in [5.74, 6) is 2.10. The molecular formula is C16H11N5O2S. The smallest absolute Gasteiger partial charge is 0.235 e. The van der Waals surface area contributed by atoms with Crippen molar-refractivity contribution in [2.45, 2.75) is 6.10 Å². The lowest BCUT2D eigenvalue weighted by Gasteiger charge is -2.24. The first-order valence-electron chi connectivity index (χ1n) is 7.40. The highest BCUT2D eigenvalue weighted by Gasteiger charge is 2.27. The van der Waals surface area contributed by atoms with Gasteiger partial charge in [0.25, 0.3) is 0 Å². The minimum atomic E-state index is -0.261. The maximum Gasteiger partial charge on any atom is 0.235 e. The summed E-state index contributed by atoms with van der Waals surface area (Å²) < 4.78 is 13.5. The zero-order valence-electron chi connectivity index (χ0n) is 12.4.